The summed E-state index contributed by atoms with van der Waals surface area (Å²) in [5.74, 6) is -0.0371. The summed E-state index contributed by atoms with van der Waals surface area (Å²) >= 11 is 0. The Morgan fingerprint density at radius 2 is 1.68 bits per heavy atom. The van der Waals surface area contributed by atoms with Gasteiger partial charge in [-0.05, 0) is 42.3 Å². The highest BCUT2D eigenvalue weighted by Gasteiger charge is 2.27. The van der Waals surface area contributed by atoms with Gasteiger partial charge in [-0.2, -0.15) is 4.72 Å². The second-order valence-electron chi connectivity index (χ2n) is 8.47. The Morgan fingerprint density at radius 3 is 2.38 bits per heavy atom. The van der Waals surface area contributed by atoms with Gasteiger partial charge in [0.2, 0.25) is 15.9 Å². The van der Waals surface area contributed by atoms with Crippen molar-refractivity contribution in [2.75, 3.05) is 12.4 Å². The summed E-state index contributed by atoms with van der Waals surface area (Å²) in [6.45, 7) is 0. The molecule has 1 atom stereocenters. The van der Waals surface area contributed by atoms with Crippen molar-refractivity contribution in [3.8, 4) is 5.75 Å². The Bertz CT molecular complexity index is 1690. The van der Waals surface area contributed by atoms with E-state index in [0.29, 0.717) is 17.0 Å². The maximum Gasteiger partial charge on any atom is 0.330 e. The number of hydrogen-bond donors (Lipinski definition) is 2. The second kappa shape index (κ2) is 10.4. The van der Waals surface area contributed by atoms with Gasteiger partial charge in [0, 0.05) is 25.8 Å². The molecule has 0 radical (unpaired) electrons. The van der Waals surface area contributed by atoms with E-state index in [0.717, 1.165) is 10.1 Å². The summed E-state index contributed by atoms with van der Waals surface area (Å²) in [6.07, 6.45) is 0.0831. The number of aromatic nitrogens is 2. The third-order valence-corrected chi connectivity index (χ3v) is 7.45. The number of nitrogens with zero attached hydrogens (tertiary/aromatic N) is 2. The lowest BCUT2D eigenvalue weighted by Crippen LogP contribution is -2.45. The van der Waals surface area contributed by atoms with Crippen LogP contribution in [0.1, 0.15) is 5.56 Å². The number of carbonyl (C=O) groups is 1. The molecule has 4 rings (SSSR count). The highest BCUT2D eigenvalue weighted by molar-refractivity contribution is 7.89. The van der Waals surface area contributed by atoms with Crippen LogP contribution in [0.2, 0.25) is 0 Å². The number of ether oxygens (including phenoxy) is 1. The first-order valence-corrected chi connectivity index (χ1v) is 12.8. The van der Waals surface area contributed by atoms with Crippen LogP contribution in [0.4, 0.5) is 5.69 Å². The molecule has 0 aliphatic carbocycles. The zero-order valence-corrected chi connectivity index (χ0v) is 21.3. The van der Waals surface area contributed by atoms with Crippen molar-refractivity contribution in [1.29, 1.82) is 0 Å². The number of benzene rings is 3. The number of nitrogens with one attached hydrogen (secondary N) is 2. The standard InChI is InChI=1S/C26H26N4O6S/c1-29-23-13-12-20(16-21(23)25(32)30(2)26(29)33)37(34,35)28-22(14-17-8-5-4-6-9-17)24(31)27-18-10-7-11-19(15-18)36-3/h4-13,15-16,22,28H,14H2,1-3H3,(H,27,31)/t22-/m1/s1. The zero-order valence-electron chi connectivity index (χ0n) is 20.5. The number of methoxy groups -OCH3 is 1. The van der Waals surface area contributed by atoms with E-state index in [2.05, 4.69) is 10.0 Å². The predicted molar refractivity (Wildman–Crippen MR) is 140 cm³/mol. The van der Waals surface area contributed by atoms with Crippen molar-refractivity contribution in [2.45, 2.75) is 17.4 Å². The van der Waals surface area contributed by atoms with Gasteiger partial charge < -0.3 is 10.1 Å². The molecule has 0 fully saturated rings. The molecule has 0 aliphatic rings. The summed E-state index contributed by atoms with van der Waals surface area (Å²) in [7, 11) is 0.0743. The molecule has 1 heterocycles. The lowest BCUT2D eigenvalue weighted by molar-refractivity contribution is -0.117. The topological polar surface area (TPSA) is 128 Å². The number of sulfonamides is 1. The number of fused-ring (bicyclic) bond motifs is 1. The first kappa shape index (κ1) is 25.9. The van der Waals surface area contributed by atoms with Gasteiger partial charge in [-0.3, -0.25) is 18.7 Å². The highest BCUT2D eigenvalue weighted by atomic mass is 32.2. The van der Waals surface area contributed by atoms with Gasteiger partial charge >= 0.3 is 5.69 Å². The Hall–Kier alpha value is -4.22. The van der Waals surface area contributed by atoms with E-state index in [1.165, 1.54) is 44.0 Å². The average molecular weight is 523 g/mol. The Balaban J connectivity index is 1.70. The molecular weight excluding hydrogens is 496 g/mol. The fraction of sp³-hybridized carbons (Fsp3) is 0.192. The van der Waals surface area contributed by atoms with Crippen LogP contribution >= 0.6 is 0 Å². The van der Waals surface area contributed by atoms with Crippen LogP contribution in [-0.2, 0) is 35.3 Å². The van der Waals surface area contributed by atoms with Gasteiger partial charge in [-0.1, -0.05) is 36.4 Å². The fourth-order valence-electron chi connectivity index (χ4n) is 3.96. The van der Waals surface area contributed by atoms with Crippen LogP contribution < -0.4 is 26.0 Å². The fourth-order valence-corrected chi connectivity index (χ4v) is 5.19. The molecule has 1 amide bonds. The van der Waals surface area contributed by atoms with Crippen LogP contribution in [-0.4, -0.2) is 36.6 Å². The normalized spacial score (nSPS) is 12.3. The molecule has 0 bridgehead atoms. The van der Waals surface area contributed by atoms with E-state index < -0.39 is 33.2 Å². The summed E-state index contributed by atoms with van der Waals surface area (Å²) in [4.78, 5) is 37.9. The summed E-state index contributed by atoms with van der Waals surface area (Å²) in [5.41, 5.74) is 0.342. The summed E-state index contributed by atoms with van der Waals surface area (Å²) < 4.78 is 36.6. The van der Waals surface area contributed by atoms with E-state index in [-0.39, 0.29) is 16.7 Å². The number of carbonyl (C=O) groups excluding carboxylic acids is 1. The highest BCUT2D eigenvalue weighted by Crippen LogP contribution is 2.19. The van der Waals surface area contributed by atoms with Crippen LogP contribution in [0.15, 0.2) is 87.3 Å². The lowest BCUT2D eigenvalue weighted by atomic mass is 10.1. The van der Waals surface area contributed by atoms with Crippen LogP contribution in [0.5, 0.6) is 5.75 Å². The van der Waals surface area contributed by atoms with Crippen molar-refractivity contribution in [3.63, 3.8) is 0 Å². The first-order valence-electron chi connectivity index (χ1n) is 11.3. The van der Waals surface area contributed by atoms with Crippen molar-refractivity contribution in [2.24, 2.45) is 14.1 Å². The molecule has 0 spiro atoms. The Labute approximate surface area is 213 Å². The van der Waals surface area contributed by atoms with E-state index in [4.69, 9.17) is 4.74 Å². The third kappa shape index (κ3) is 5.47. The minimum absolute atomic E-state index is 0.0629. The smallest absolute Gasteiger partial charge is 0.330 e. The number of amides is 1. The molecule has 11 heteroatoms. The van der Waals surface area contributed by atoms with Crippen molar-refractivity contribution >= 4 is 32.5 Å². The van der Waals surface area contributed by atoms with Crippen molar-refractivity contribution in [1.82, 2.24) is 13.9 Å². The van der Waals surface area contributed by atoms with Gasteiger partial charge in [0.05, 0.1) is 22.9 Å². The Morgan fingerprint density at radius 1 is 0.946 bits per heavy atom. The van der Waals surface area contributed by atoms with E-state index in [1.807, 2.05) is 6.07 Å². The molecule has 10 nitrogen and oxygen atoms in total. The van der Waals surface area contributed by atoms with Gasteiger partial charge in [0.15, 0.2) is 0 Å². The van der Waals surface area contributed by atoms with Gasteiger partial charge in [0.1, 0.15) is 11.8 Å². The van der Waals surface area contributed by atoms with E-state index >= 15 is 0 Å². The maximum absolute atomic E-state index is 13.4. The molecule has 4 aromatic rings. The second-order valence-corrected chi connectivity index (χ2v) is 10.2. The van der Waals surface area contributed by atoms with Crippen LogP contribution in [0, 0.1) is 0 Å². The number of rotatable bonds is 8. The molecule has 0 aliphatic heterocycles. The molecular formula is C26H26N4O6S. The van der Waals surface area contributed by atoms with Crippen LogP contribution in [0.25, 0.3) is 10.9 Å². The molecule has 192 valence electrons. The minimum Gasteiger partial charge on any atom is -0.497 e. The molecule has 1 aromatic heterocycles. The first-order chi connectivity index (χ1) is 17.6. The third-order valence-electron chi connectivity index (χ3n) is 5.98. The van der Waals surface area contributed by atoms with Crippen LogP contribution in [0.3, 0.4) is 0 Å². The number of aryl methyl sites for hydroxylation is 1. The molecule has 0 unspecified atom stereocenters. The molecule has 0 saturated carbocycles. The molecule has 2 N–H and O–H groups in total. The minimum atomic E-state index is -4.24. The van der Waals surface area contributed by atoms with E-state index in [9.17, 15) is 22.8 Å². The summed E-state index contributed by atoms with van der Waals surface area (Å²) in [5, 5.41) is 2.80. The van der Waals surface area contributed by atoms with E-state index in [1.54, 1.807) is 48.5 Å². The predicted octanol–water partition coefficient (Wildman–Crippen LogP) is 1.77. The molecule has 37 heavy (non-hydrogen) atoms. The average Bonchev–Trinajstić information content (AvgIpc) is 2.90. The Kier molecular flexibility index (Phi) is 7.28. The molecule has 0 saturated heterocycles. The number of hydrogen-bond acceptors (Lipinski definition) is 6. The van der Waals surface area contributed by atoms with Crippen molar-refractivity contribution < 1.29 is 17.9 Å². The van der Waals surface area contributed by atoms with Crippen molar-refractivity contribution in [3.05, 3.63) is 99.2 Å². The summed E-state index contributed by atoms with van der Waals surface area (Å²) in [6, 6.07) is 18.4. The van der Waals surface area contributed by atoms with Gasteiger partial charge in [-0.25, -0.2) is 13.2 Å². The SMILES string of the molecule is COc1cccc(NC(=O)[C@@H](Cc2ccccc2)NS(=O)(=O)c2ccc3c(c2)c(=O)n(C)c(=O)n3C)c1. The maximum atomic E-state index is 13.4. The van der Waals surface area contributed by atoms with Gasteiger partial charge in [-0.15, -0.1) is 0 Å². The monoisotopic (exact) mass is 522 g/mol. The quantitative estimate of drug-likeness (QED) is 0.363. The molecule has 3 aromatic carbocycles. The largest absolute Gasteiger partial charge is 0.497 e. The number of anilines is 1. The zero-order chi connectivity index (χ0) is 26.7. The lowest BCUT2D eigenvalue weighted by Gasteiger charge is -2.19. The van der Waals surface area contributed by atoms with Gasteiger partial charge in [0.25, 0.3) is 5.56 Å².